The Morgan fingerprint density at radius 2 is 1.44 bits per heavy atom. The SMILES string of the molecule is C/C=C\C=C/c1ccc(N(c2ccc(-c3ccc4c(c3)c3ccccc3n4C3=CC=CC3)cc2)c2ccc(C3=C(C)C=CC3)c(CC)c2)cc1. The van der Waals surface area contributed by atoms with Crippen molar-refractivity contribution in [2.75, 3.05) is 4.90 Å². The Morgan fingerprint density at radius 3 is 2.16 bits per heavy atom. The predicted octanol–water partition coefficient (Wildman–Crippen LogP) is 13.6. The van der Waals surface area contributed by atoms with Crippen molar-refractivity contribution in [3.63, 3.8) is 0 Å². The molecular weight excluding hydrogens is 605 g/mol. The minimum Gasteiger partial charge on any atom is -0.313 e. The lowest BCUT2D eigenvalue weighted by Crippen LogP contribution is -2.11. The van der Waals surface area contributed by atoms with Gasteiger partial charge >= 0.3 is 0 Å². The highest BCUT2D eigenvalue weighted by Crippen LogP contribution is 2.40. The van der Waals surface area contributed by atoms with Crippen LogP contribution in [-0.4, -0.2) is 4.57 Å². The maximum atomic E-state index is 2.42. The Hall–Kier alpha value is -5.86. The fourth-order valence-corrected chi connectivity index (χ4v) is 7.57. The fourth-order valence-electron chi connectivity index (χ4n) is 7.57. The highest BCUT2D eigenvalue weighted by atomic mass is 15.1. The van der Waals surface area contributed by atoms with Crippen molar-refractivity contribution in [1.29, 1.82) is 0 Å². The molecule has 0 unspecified atom stereocenters. The van der Waals surface area contributed by atoms with Crippen molar-refractivity contribution in [3.8, 4) is 11.1 Å². The summed E-state index contributed by atoms with van der Waals surface area (Å²) in [5.41, 5.74) is 16.5. The molecule has 0 N–H and O–H groups in total. The van der Waals surface area contributed by atoms with Crippen LogP contribution in [0.5, 0.6) is 0 Å². The van der Waals surface area contributed by atoms with E-state index in [1.807, 2.05) is 13.0 Å². The minimum absolute atomic E-state index is 0.959. The quantitative estimate of drug-likeness (QED) is 0.142. The van der Waals surface area contributed by atoms with Crippen molar-refractivity contribution in [3.05, 3.63) is 180 Å². The van der Waals surface area contributed by atoms with Crippen molar-refractivity contribution < 1.29 is 0 Å². The number of para-hydroxylation sites is 1. The normalized spacial score (nSPS) is 14.3. The minimum atomic E-state index is 0.959. The van der Waals surface area contributed by atoms with Crippen LogP contribution in [0.15, 0.2) is 163 Å². The zero-order valence-corrected chi connectivity index (χ0v) is 29.1. The van der Waals surface area contributed by atoms with E-state index in [1.54, 1.807) is 0 Å². The Kier molecular flexibility index (Phi) is 8.52. The number of aromatic nitrogens is 1. The molecule has 0 bridgehead atoms. The summed E-state index contributed by atoms with van der Waals surface area (Å²) in [7, 11) is 0. The molecule has 0 aliphatic heterocycles. The molecule has 2 aliphatic carbocycles. The van der Waals surface area contributed by atoms with Gasteiger partial charge in [0, 0.05) is 40.0 Å². The summed E-state index contributed by atoms with van der Waals surface area (Å²) in [5.74, 6) is 0. The third-order valence-corrected chi connectivity index (χ3v) is 10.1. The summed E-state index contributed by atoms with van der Waals surface area (Å²) in [6, 6.07) is 40.7. The molecule has 0 radical (unpaired) electrons. The molecule has 0 saturated carbocycles. The van der Waals surface area contributed by atoms with Crippen molar-refractivity contribution in [2.24, 2.45) is 0 Å². The van der Waals surface area contributed by atoms with Gasteiger partial charge in [0.1, 0.15) is 0 Å². The van der Waals surface area contributed by atoms with Crippen LogP contribution in [0.25, 0.3) is 50.3 Å². The van der Waals surface area contributed by atoms with Crippen molar-refractivity contribution in [2.45, 2.75) is 40.0 Å². The largest absolute Gasteiger partial charge is 0.313 e. The van der Waals surface area contributed by atoms with E-state index < -0.39 is 0 Å². The Labute approximate surface area is 296 Å². The van der Waals surface area contributed by atoms with Gasteiger partial charge in [0.2, 0.25) is 0 Å². The van der Waals surface area contributed by atoms with E-state index in [9.17, 15) is 0 Å². The molecule has 5 aromatic carbocycles. The third kappa shape index (κ3) is 5.77. The topological polar surface area (TPSA) is 8.17 Å². The smallest absolute Gasteiger partial charge is 0.0538 e. The predicted molar refractivity (Wildman–Crippen MR) is 217 cm³/mol. The Morgan fingerprint density at radius 1 is 0.700 bits per heavy atom. The molecule has 0 fully saturated rings. The second kappa shape index (κ2) is 13.6. The van der Waals surface area contributed by atoms with E-state index in [0.717, 1.165) is 30.6 Å². The summed E-state index contributed by atoms with van der Waals surface area (Å²) >= 11 is 0. The molecule has 2 aliphatic rings. The number of benzene rings is 5. The Bertz CT molecular complexity index is 2400. The molecule has 1 aromatic heterocycles. The molecule has 244 valence electrons. The van der Waals surface area contributed by atoms with Gasteiger partial charge in [0.25, 0.3) is 0 Å². The highest BCUT2D eigenvalue weighted by Gasteiger charge is 2.18. The van der Waals surface area contributed by atoms with Crippen LogP contribution in [0.1, 0.15) is 50.3 Å². The van der Waals surface area contributed by atoms with Crippen LogP contribution in [0.4, 0.5) is 17.1 Å². The molecule has 1 heterocycles. The second-order valence-corrected chi connectivity index (χ2v) is 13.2. The van der Waals surface area contributed by atoms with Gasteiger partial charge in [0.15, 0.2) is 0 Å². The maximum absolute atomic E-state index is 2.42. The van der Waals surface area contributed by atoms with Gasteiger partial charge in [0.05, 0.1) is 11.0 Å². The first-order valence-electron chi connectivity index (χ1n) is 17.8. The zero-order chi connectivity index (χ0) is 34.0. The van der Waals surface area contributed by atoms with Crippen LogP contribution >= 0.6 is 0 Å². The van der Waals surface area contributed by atoms with Crippen LogP contribution in [0, 0.1) is 0 Å². The van der Waals surface area contributed by atoms with Crippen LogP contribution in [0.2, 0.25) is 0 Å². The molecule has 2 nitrogen and oxygen atoms in total. The number of rotatable bonds is 9. The second-order valence-electron chi connectivity index (χ2n) is 13.2. The van der Waals surface area contributed by atoms with Gasteiger partial charge in [-0.15, -0.1) is 0 Å². The average Bonchev–Trinajstić information content (AvgIpc) is 3.92. The molecule has 6 aromatic rings. The number of nitrogens with zero attached hydrogens (tertiary/aromatic N) is 2. The van der Waals surface area contributed by atoms with Gasteiger partial charge in [-0.1, -0.05) is 110 Å². The average molecular weight is 647 g/mol. The molecule has 0 spiro atoms. The molecule has 0 amide bonds. The standard InChI is InChI=1S/C48H42N2/c1-4-6-7-14-35-20-25-40(26-21-35)49(42-29-30-44(36(5-2)32-42)43-18-12-13-34(43)3)41-27-22-37(23-28-41)38-24-31-48-46(33-38)45-17-10-11-19-47(45)50(48)39-15-8-9-16-39/h4,6-15,17,19-33H,5,16,18H2,1-3H3/b6-4-,14-7-. The van der Waals surface area contributed by atoms with Crippen molar-refractivity contribution >= 4 is 56.2 Å². The van der Waals surface area contributed by atoms with E-state index in [4.69, 9.17) is 0 Å². The van der Waals surface area contributed by atoms with Crippen LogP contribution in [0.3, 0.4) is 0 Å². The highest BCUT2D eigenvalue weighted by molar-refractivity contribution is 6.11. The van der Waals surface area contributed by atoms with E-state index in [2.05, 4.69) is 181 Å². The van der Waals surface area contributed by atoms with Gasteiger partial charge in [-0.3, -0.25) is 0 Å². The molecule has 2 heteroatoms. The first-order chi connectivity index (χ1) is 24.6. The number of allylic oxidation sites excluding steroid dienone is 11. The van der Waals surface area contributed by atoms with Crippen molar-refractivity contribution in [1.82, 2.24) is 4.57 Å². The lowest BCUT2D eigenvalue weighted by atomic mass is 9.94. The summed E-state index contributed by atoms with van der Waals surface area (Å²) in [6.45, 7) is 6.53. The number of hydrogen-bond donors (Lipinski definition) is 0. The summed E-state index contributed by atoms with van der Waals surface area (Å²) < 4.78 is 2.42. The number of aryl methyl sites for hydroxylation is 1. The first-order valence-corrected chi connectivity index (χ1v) is 17.8. The summed E-state index contributed by atoms with van der Waals surface area (Å²) in [5, 5.41) is 2.58. The zero-order valence-electron chi connectivity index (χ0n) is 29.1. The number of fused-ring (bicyclic) bond motifs is 3. The Balaban J connectivity index is 1.19. The lowest BCUT2D eigenvalue weighted by Gasteiger charge is -2.27. The molecule has 50 heavy (non-hydrogen) atoms. The van der Waals surface area contributed by atoms with E-state index in [0.29, 0.717) is 0 Å². The van der Waals surface area contributed by atoms with Crippen LogP contribution in [-0.2, 0) is 6.42 Å². The van der Waals surface area contributed by atoms with Crippen LogP contribution < -0.4 is 4.90 Å². The third-order valence-electron chi connectivity index (χ3n) is 10.1. The lowest BCUT2D eigenvalue weighted by molar-refractivity contribution is 1.11. The van der Waals surface area contributed by atoms with E-state index >= 15 is 0 Å². The summed E-state index contributed by atoms with van der Waals surface area (Å²) in [4.78, 5) is 2.39. The van der Waals surface area contributed by atoms with Gasteiger partial charge in [-0.05, 0) is 126 Å². The fraction of sp³-hybridized carbons (Fsp3) is 0.125. The molecular formula is C48H42N2. The first kappa shape index (κ1) is 31.4. The molecule has 0 saturated heterocycles. The maximum Gasteiger partial charge on any atom is 0.0538 e. The van der Waals surface area contributed by atoms with Gasteiger partial charge in [-0.2, -0.15) is 0 Å². The summed E-state index contributed by atoms with van der Waals surface area (Å²) in [6.07, 6.45) is 22.4. The number of hydrogen-bond acceptors (Lipinski definition) is 1. The van der Waals surface area contributed by atoms with Gasteiger partial charge < -0.3 is 9.47 Å². The number of anilines is 3. The van der Waals surface area contributed by atoms with E-state index in [-0.39, 0.29) is 0 Å². The van der Waals surface area contributed by atoms with E-state index in [1.165, 1.54) is 72.2 Å². The molecule has 0 atom stereocenters. The molecule has 8 rings (SSSR count). The monoisotopic (exact) mass is 646 g/mol. The van der Waals surface area contributed by atoms with Gasteiger partial charge in [-0.25, -0.2) is 0 Å².